The Hall–Kier alpha value is -1.85. The first-order valence-corrected chi connectivity index (χ1v) is 7.93. The molecule has 0 aliphatic carbocycles. The zero-order valence-corrected chi connectivity index (χ0v) is 13.0. The Morgan fingerprint density at radius 3 is 2.71 bits per heavy atom. The molecule has 3 N–H and O–H groups in total. The lowest BCUT2D eigenvalue weighted by molar-refractivity contribution is -0.116. The van der Waals surface area contributed by atoms with Gasteiger partial charge in [0.2, 0.25) is 5.91 Å². The number of amides is 1. The van der Waals surface area contributed by atoms with E-state index in [9.17, 15) is 4.79 Å². The second kappa shape index (κ2) is 7.81. The highest BCUT2D eigenvalue weighted by molar-refractivity contribution is 7.07. The van der Waals surface area contributed by atoms with Crippen molar-refractivity contribution in [3.05, 3.63) is 46.7 Å². The maximum atomic E-state index is 11.8. The fourth-order valence-electron chi connectivity index (χ4n) is 2.07. The maximum absolute atomic E-state index is 11.8. The summed E-state index contributed by atoms with van der Waals surface area (Å²) in [4.78, 5) is 14.1. The fraction of sp³-hybridized carbons (Fsp3) is 0.312. The second-order valence-electron chi connectivity index (χ2n) is 5.14. The van der Waals surface area contributed by atoms with E-state index in [1.807, 2.05) is 12.1 Å². The second-order valence-corrected chi connectivity index (χ2v) is 5.92. The normalized spacial score (nSPS) is 10.8. The van der Waals surface area contributed by atoms with E-state index >= 15 is 0 Å². The molecule has 1 aromatic carbocycles. The van der Waals surface area contributed by atoms with Crippen molar-refractivity contribution in [3.8, 4) is 0 Å². The third kappa shape index (κ3) is 5.57. The third-order valence-corrected chi connectivity index (χ3v) is 3.90. The molecule has 0 radical (unpaired) electrons. The standard InChI is InChI=1S/C16H21N3OS/c1-19(11-13-8-10-21-12-13)9-2-3-16(20)18-15-6-4-14(17)5-7-15/h4-8,10,12H,2-3,9,11,17H2,1H3,(H,18,20). The van der Waals surface area contributed by atoms with Crippen LogP contribution in [-0.4, -0.2) is 24.4 Å². The monoisotopic (exact) mass is 303 g/mol. The van der Waals surface area contributed by atoms with Crippen LogP contribution in [0.1, 0.15) is 18.4 Å². The van der Waals surface area contributed by atoms with Crippen molar-refractivity contribution in [2.75, 3.05) is 24.6 Å². The molecule has 1 amide bonds. The number of nitrogens with two attached hydrogens (primary N) is 1. The molecule has 0 aliphatic rings. The van der Waals surface area contributed by atoms with Crippen molar-refractivity contribution in [2.45, 2.75) is 19.4 Å². The lowest BCUT2D eigenvalue weighted by atomic mass is 10.2. The predicted molar refractivity (Wildman–Crippen MR) is 89.4 cm³/mol. The maximum Gasteiger partial charge on any atom is 0.224 e. The van der Waals surface area contributed by atoms with Gasteiger partial charge in [-0.2, -0.15) is 11.3 Å². The number of anilines is 2. The van der Waals surface area contributed by atoms with E-state index in [0.29, 0.717) is 12.1 Å². The van der Waals surface area contributed by atoms with Gasteiger partial charge in [0.05, 0.1) is 0 Å². The smallest absolute Gasteiger partial charge is 0.224 e. The molecule has 2 rings (SSSR count). The van der Waals surface area contributed by atoms with Crippen molar-refractivity contribution in [1.29, 1.82) is 0 Å². The van der Waals surface area contributed by atoms with Crippen LogP contribution in [0.25, 0.3) is 0 Å². The summed E-state index contributed by atoms with van der Waals surface area (Å²) in [5.41, 5.74) is 8.43. The molecule has 5 heteroatoms. The third-order valence-electron chi connectivity index (χ3n) is 3.17. The summed E-state index contributed by atoms with van der Waals surface area (Å²) in [6.45, 7) is 1.84. The van der Waals surface area contributed by atoms with Crippen LogP contribution in [-0.2, 0) is 11.3 Å². The SMILES string of the molecule is CN(CCCC(=O)Nc1ccc(N)cc1)Cc1ccsc1. The highest BCUT2D eigenvalue weighted by Crippen LogP contribution is 2.12. The van der Waals surface area contributed by atoms with Crippen molar-refractivity contribution in [1.82, 2.24) is 4.90 Å². The molecule has 0 unspecified atom stereocenters. The summed E-state index contributed by atoms with van der Waals surface area (Å²) < 4.78 is 0. The first kappa shape index (κ1) is 15.5. The summed E-state index contributed by atoms with van der Waals surface area (Å²) >= 11 is 1.71. The minimum Gasteiger partial charge on any atom is -0.399 e. The predicted octanol–water partition coefficient (Wildman–Crippen LogP) is 3.18. The Balaban J connectivity index is 1.65. The van der Waals surface area contributed by atoms with Crippen LogP contribution in [0.5, 0.6) is 0 Å². The largest absolute Gasteiger partial charge is 0.399 e. The molecule has 0 saturated carbocycles. The topological polar surface area (TPSA) is 58.4 Å². The van der Waals surface area contributed by atoms with E-state index < -0.39 is 0 Å². The first-order valence-electron chi connectivity index (χ1n) is 6.98. The highest BCUT2D eigenvalue weighted by atomic mass is 32.1. The number of benzene rings is 1. The molecule has 1 heterocycles. The number of hydrogen-bond acceptors (Lipinski definition) is 4. The van der Waals surface area contributed by atoms with Crippen molar-refractivity contribution < 1.29 is 4.79 Å². The molecule has 112 valence electrons. The zero-order valence-electron chi connectivity index (χ0n) is 12.2. The van der Waals surface area contributed by atoms with Crippen LogP contribution in [0, 0.1) is 0 Å². The number of nitrogens with zero attached hydrogens (tertiary/aromatic N) is 1. The number of thiophene rings is 1. The molecule has 0 atom stereocenters. The van der Waals surface area contributed by atoms with E-state index in [1.54, 1.807) is 23.5 Å². The Morgan fingerprint density at radius 1 is 1.29 bits per heavy atom. The van der Waals surface area contributed by atoms with Gasteiger partial charge in [0, 0.05) is 24.3 Å². The molecule has 0 aliphatic heterocycles. The molecule has 4 nitrogen and oxygen atoms in total. The van der Waals surface area contributed by atoms with Gasteiger partial charge in [-0.05, 0) is 66.7 Å². The quantitative estimate of drug-likeness (QED) is 0.772. The lowest BCUT2D eigenvalue weighted by Gasteiger charge is -2.15. The van der Waals surface area contributed by atoms with Gasteiger partial charge in [0.25, 0.3) is 0 Å². The summed E-state index contributed by atoms with van der Waals surface area (Å²) in [5, 5.41) is 7.12. The van der Waals surface area contributed by atoms with Crippen LogP contribution >= 0.6 is 11.3 Å². The number of hydrogen-bond donors (Lipinski definition) is 2. The molecule has 0 fully saturated rings. The number of rotatable bonds is 7. The van der Waals surface area contributed by atoms with Crippen LogP contribution in [0.15, 0.2) is 41.1 Å². The van der Waals surface area contributed by atoms with Crippen molar-refractivity contribution in [3.63, 3.8) is 0 Å². The number of carbonyl (C=O) groups is 1. The van der Waals surface area contributed by atoms with E-state index in [2.05, 4.69) is 34.1 Å². The zero-order chi connectivity index (χ0) is 15.1. The number of nitrogens with one attached hydrogen (secondary N) is 1. The van der Waals surface area contributed by atoms with E-state index in [4.69, 9.17) is 5.73 Å². The van der Waals surface area contributed by atoms with E-state index in [-0.39, 0.29) is 5.91 Å². The van der Waals surface area contributed by atoms with Gasteiger partial charge >= 0.3 is 0 Å². The van der Waals surface area contributed by atoms with Crippen molar-refractivity contribution in [2.24, 2.45) is 0 Å². The molecule has 21 heavy (non-hydrogen) atoms. The Kier molecular flexibility index (Phi) is 5.78. The van der Waals surface area contributed by atoms with Gasteiger partial charge in [-0.1, -0.05) is 0 Å². The number of nitrogen functional groups attached to an aromatic ring is 1. The van der Waals surface area contributed by atoms with Crippen LogP contribution < -0.4 is 11.1 Å². The Morgan fingerprint density at radius 2 is 2.05 bits per heavy atom. The van der Waals surface area contributed by atoms with Crippen LogP contribution in [0.2, 0.25) is 0 Å². The minimum atomic E-state index is 0.0451. The van der Waals surface area contributed by atoms with Crippen molar-refractivity contribution >= 4 is 28.6 Å². The van der Waals surface area contributed by atoms with E-state index in [0.717, 1.165) is 25.2 Å². The Bertz CT molecular complexity index is 551. The molecular weight excluding hydrogens is 282 g/mol. The Labute approximate surface area is 129 Å². The van der Waals surface area contributed by atoms with E-state index in [1.165, 1.54) is 5.56 Å². The first-order chi connectivity index (χ1) is 10.1. The van der Waals surface area contributed by atoms with Gasteiger partial charge in [-0.15, -0.1) is 0 Å². The molecule has 1 aromatic heterocycles. The van der Waals surface area contributed by atoms with Crippen LogP contribution in [0.4, 0.5) is 11.4 Å². The summed E-state index contributed by atoms with van der Waals surface area (Å²) in [5.74, 6) is 0.0451. The average molecular weight is 303 g/mol. The van der Waals surface area contributed by atoms with Gasteiger partial charge in [0.1, 0.15) is 0 Å². The molecule has 0 bridgehead atoms. The molecular formula is C16H21N3OS. The molecule has 0 spiro atoms. The van der Waals surface area contributed by atoms with Gasteiger partial charge in [0.15, 0.2) is 0 Å². The summed E-state index contributed by atoms with van der Waals surface area (Å²) in [6.07, 6.45) is 1.37. The number of carbonyl (C=O) groups excluding carboxylic acids is 1. The highest BCUT2D eigenvalue weighted by Gasteiger charge is 2.05. The lowest BCUT2D eigenvalue weighted by Crippen LogP contribution is -2.20. The summed E-state index contributed by atoms with van der Waals surface area (Å²) in [7, 11) is 2.08. The minimum absolute atomic E-state index is 0.0451. The van der Waals surface area contributed by atoms with Gasteiger partial charge < -0.3 is 16.0 Å². The van der Waals surface area contributed by atoms with Crippen LogP contribution in [0.3, 0.4) is 0 Å². The summed E-state index contributed by atoms with van der Waals surface area (Å²) in [6, 6.07) is 9.33. The average Bonchev–Trinajstić information content (AvgIpc) is 2.94. The van der Waals surface area contributed by atoms with Gasteiger partial charge in [-0.25, -0.2) is 0 Å². The fourth-order valence-corrected chi connectivity index (χ4v) is 2.73. The van der Waals surface area contributed by atoms with Gasteiger partial charge in [-0.3, -0.25) is 4.79 Å². The molecule has 2 aromatic rings. The molecule has 0 saturated heterocycles.